The summed E-state index contributed by atoms with van der Waals surface area (Å²) < 4.78 is 17.9. The van der Waals surface area contributed by atoms with Crippen molar-refractivity contribution in [1.82, 2.24) is 9.80 Å². The molecule has 37 heavy (non-hydrogen) atoms. The number of carbonyl (C=O) groups excluding carboxylic acids is 2. The number of ether oxygens (including phenoxy) is 3. The zero-order chi connectivity index (χ0) is 26.0. The summed E-state index contributed by atoms with van der Waals surface area (Å²) in [5.74, 6) is 1.71. The second-order valence-electron chi connectivity index (χ2n) is 10.0. The number of amides is 2. The van der Waals surface area contributed by atoms with Crippen molar-refractivity contribution in [3.05, 3.63) is 54.1 Å². The van der Waals surface area contributed by atoms with Gasteiger partial charge in [-0.3, -0.25) is 9.59 Å². The van der Waals surface area contributed by atoms with Crippen molar-refractivity contribution in [1.29, 1.82) is 0 Å². The predicted octanol–water partition coefficient (Wildman–Crippen LogP) is 5.33. The topological polar surface area (TPSA) is 68.3 Å². The van der Waals surface area contributed by atoms with Crippen LogP contribution in [0.5, 0.6) is 17.2 Å². The Morgan fingerprint density at radius 1 is 0.892 bits per heavy atom. The van der Waals surface area contributed by atoms with Gasteiger partial charge in [0, 0.05) is 20.1 Å². The first kappa shape index (κ1) is 26.8. The van der Waals surface area contributed by atoms with Crippen LogP contribution in [0.3, 0.4) is 0 Å². The molecular weight excluding hydrogens is 468 g/mol. The fraction of sp³-hybridized carbons (Fsp3) is 0.533. The van der Waals surface area contributed by atoms with Crippen molar-refractivity contribution in [3.8, 4) is 17.2 Å². The van der Waals surface area contributed by atoms with Gasteiger partial charge in [-0.1, -0.05) is 49.9 Å². The van der Waals surface area contributed by atoms with E-state index in [-0.39, 0.29) is 30.6 Å². The standard InChI is InChI=1S/C30H40N2O5/c1-31-20-12-4-3-5-13-21-32(29(33)22-36-28-19-11-10-18-27(28)35-2)24-15-7-9-17-26(24)37-25-16-8-6-14-23(25)30(31)34/h6,8,10-11,14,16,18-19,24,26H,3-5,7,9,12-13,15,17,20-22H2,1-2H3/t24-,26+/m1/s1. The van der Waals surface area contributed by atoms with Crippen LogP contribution >= 0.6 is 0 Å². The molecule has 2 aliphatic rings. The minimum absolute atomic E-state index is 0.0176. The first-order valence-electron chi connectivity index (χ1n) is 13.6. The van der Waals surface area contributed by atoms with Crippen LogP contribution in [0.2, 0.25) is 0 Å². The summed E-state index contributed by atoms with van der Waals surface area (Å²) in [4.78, 5) is 30.6. The fourth-order valence-corrected chi connectivity index (χ4v) is 5.39. The Balaban J connectivity index is 1.57. The molecule has 0 unspecified atom stereocenters. The maximum absolute atomic E-state index is 13.6. The SMILES string of the molecule is COc1ccccc1OCC(=O)N1CCCCCCCN(C)C(=O)c2ccccc2O[C@H]2CCCC[C@H]21. The van der Waals surface area contributed by atoms with E-state index in [1.165, 1.54) is 0 Å². The number of carbonyl (C=O) groups is 2. The van der Waals surface area contributed by atoms with Gasteiger partial charge in [-0.05, 0) is 56.4 Å². The van der Waals surface area contributed by atoms with E-state index in [2.05, 4.69) is 0 Å². The van der Waals surface area contributed by atoms with Crippen molar-refractivity contribution in [2.24, 2.45) is 0 Å². The van der Waals surface area contributed by atoms with E-state index in [0.717, 1.165) is 64.3 Å². The third kappa shape index (κ3) is 6.96. The minimum atomic E-state index is -0.173. The molecule has 0 saturated heterocycles. The third-order valence-electron chi connectivity index (χ3n) is 7.44. The van der Waals surface area contributed by atoms with Crippen LogP contribution in [-0.4, -0.2) is 67.6 Å². The molecule has 2 aromatic rings. The molecule has 7 heteroatoms. The maximum atomic E-state index is 13.6. The summed E-state index contributed by atoms with van der Waals surface area (Å²) in [5.41, 5.74) is 0.585. The van der Waals surface area contributed by atoms with Crippen LogP contribution in [0.15, 0.2) is 48.5 Å². The molecule has 2 atom stereocenters. The second-order valence-corrected chi connectivity index (χ2v) is 10.0. The molecule has 0 radical (unpaired) electrons. The molecule has 0 bridgehead atoms. The van der Waals surface area contributed by atoms with Gasteiger partial charge in [-0.15, -0.1) is 0 Å². The zero-order valence-electron chi connectivity index (χ0n) is 22.2. The molecule has 2 aromatic carbocycles. The predicted molar refractivity (Wildman–Crippen MR) is 143 cm³/mol. The van der Waals surface area contributed by atoms with Crippen LogP contribution in [0.25, 0.3) is 0 Å². The highest BCUT2D eigenvalue weighted by Crippen LogP contribution is 2.31. The molecular formula is C30H40N2O5. The molecule has 0 aromatic heterocycles. The Hall–Kier alpha value is -3.22. The van der Waals surface area contributed by atoms with Gasteiger partial charge in [0.1, 0.15) is 11.9 Å². The summed E-state index contributed by atoms with van der Waals surface area (Å²) in [5, 5.41) is 0. The molecule has 0 N–H and O–H groups in total. The van der Waals surface area contributed by atoms with Crippen molar-refractivity contribution < 1.29 is 23.8 Å². The molecule has 2 amide bonds. The van der Waals surface area contributed by atoms with E-state index in [4.69, 9.17) is 14.2 Å². The summed E-state index contributed by atoms with van der Waals surface area (Å²) in [6.07, 6.45) is 8.74. The molecule has 1 aliphatic heterocycles. The average Bonchev–Trinajstić information content (AvgIpc) is 2.93. The van der Waals surface area contributed by atoms with Crippen LogP contribution in [0.1, 0.15) is 68.1 Å². The molecule has 1 heterocycles. The smallest absolute Gasteiger partial charge is 0.260 e. The molecule has 200 valence electrons. The van der Waals surface area contributed by atoms with Crippen molar-refractivity contribution in [2.75, 3.05) is 33.9 Å². The maximum Gasteiger partial charge on any atom is 0.260 e. The van der Waals surface area contributed by atoms with Gasteiger partial charge in [0.25, 0.3) is 11.8 Å². The number of benzene rings is 2. The quantitative estimate of drug-likeness (QED) is 0.559. The Bertz CT molecular complexity index is 1040. The number of methoxy groups -OCH3 is 1. The van der Waals surface area contributed by atoms with Gasteiger partial charge in [-0.25, -0.2) is 0 Å². The van der Waals surface area contributed by atoms with Crippen LogP contribution in [0, 0.1) is 0 Å². The van der Waals surface area contributed by atoms with Crippen LogP contribution in [0.4, 0.5) is 0 Å². The highest BCUT2D eigenvalue weighted by atomic mass is 16.5. The largest absolute Gasteiger partial charge is 0.493 e. The number of hydrogen-bond donors (Lipinski definition) is 0. The highest BCUT2D eigenvalue weighted by Gasteiger charge is 2.35. The second kappa shape index (κ2) is 13.4. The fourth-order valence-electron chi connectivity index (χ4n) is 5.39. The van der Waals surface area contributed by atoms with Crippen LogP contribution in [-0.2, 0) is 4.79 Å². The van der Waals surface area contributed by atoms with E-state index in [0.29, 0.717) is 29.4 Å². The molecule has 0 spiro atoms. The molecule has 7 nitrogen and oxygen atoms in total. The molecule has 1 saturated carbocycles. The number of hydrogen-bond acceptors (Lipinski definition) is 5. The lowest BCUT2D eigenvalue weighted by Crippen LogP contribution is -2.52. The van der Waals surface area contributed by atoms with Gasteiger partial charge < -0.3 is 24.0 Å². The summed E-state index contributed by atoms with van der Waals surface area (Å²) in [6, 6.07) is 14.8. The Kier molecular flexibility index (Phi) is 9.69. The third-order valence-corrected chi connectivity index (χ3v) is 7.44. The zero-order valence-corrected chi connectivity index (χ0v) is 22.2. The van der Waals surface area contributed by atoms with E-state index in [1.807, 2.05) is 60.5 Å². The molecule has 1 aliphatic carbocycles. The summed E-state index contributed by atoms with van der Waals surface area (Å²) in [7, 11) is 3.46. The Morgan fingerprint density at radius 3 is 2.38 bits per heavy atom. The average molecular weight is 509 g/mol. The van der Waals surface area contributed by atoms with Crippen molar-refractivity contribution in [2.45, 2.75) is 69.9 Å². The van der Waals surface area contributed by atoms with Gasteiger partial charge in [0.15, 0.2) is 18.1 Å². The highest BCUT2D eigenvalue weighted by molar-refractivity contribution is 5.96. The number of rotatable bonds is 4. The number of nitrogens with zero attached hydrogens (tertiary/aromatic N) is 2. The first-order valence-corrected chi connectivity index (χ1v) is 13.6. The van der Waals surface area contributed by atoms with Gasteiger partial charge in [0.05, 0.1) is 18.7 Å². The van der Waals surface area contributed by atoms with Gasteiger partial charge >= 0.3 is 0 Å². The van der Waals surface area contributed by atoms with E-state index >= 15 is 0 Å². The van der Waals surface area contributed by atoms with E-state index < -0.39 is 0 Å². The monoisotopic (exact) mass is 508 g/mol. The van der Waals surface area contributed by atoms with E-state index in [1.54, 1.807) is 12.0 Å². The molecule has 1 fully saturated rings. The lowest BCUT2D eigenvalue weighted by Gasteiger charge is -2.40. The number of fused-ring (bicyclic) bond motifs is 2. The summed E-state index contributed by atoms with van der Waals surface area (Å²) >= 11 is 0. The first-order chi connectivity index (χ1) is 18.1. The molecule has 4 rings (SSSR count). The van der Waals surface area contributed by atoms with Crippen LogP contribution < -0.4 is 14.2 Å². The van der Waals surface area contributed by atoms with Crippen molar-refractivity contribution >= 4 is 11.8 Å². The normalized spacial score (nSPS) is 21.5. The van der Waals surface area contributed by atoms with Gasteiger partial charge in [-0.2, -0.15) is 0 Å². The lowest BCUT2D eigenvalue weighted by molar-refractivity contribution is -0.139. The van der Waals surface area contributed by atoms with Gasteiger partial charge in [0.2, 0.25) is 0 Å². The summed E-state index contributed by atoms with van der Waals surface area (Å²) in [6.45, 7) is 1.35. The Morgan fingerprint density at radius 2 is 1.57 bits per heavy atom. The minimum Gasteiger partial charge on any atom is -0.493 e. The van der Waals surface area contributed by atoms with E-state index in [9.17, 15) is 9.59 Å². The van der Waals surface area contributed by atoms with Crippen molar-refractivity contribution in [3.63, 3.8) is 0 Å². The lowest BCUT2D eigenvalue weighted by atomic mass is 9.90. The number of para-hydroxylation sites is 3. The Labute approximate surface area is 220 Å².